The molecule has 0 spiro atoms. The SMILES string of the molecule is O=C(O)c1cnc(COCC(F)(F)F)[nH]1. The van der Waals surface area contributed by atoms with Crippen molar-refractivity contribution in [3.05, 3.63) is 17.7 Å². The summed E-state index contributed by atoms with van der Waals surface area (Å²) in [6.45, 7) is -1.80. The molecule has 0 amide bonds. The second kappa shape index (κ2) is 4.30. The monoisotopic (exact) mass is 224 g/mol. The third-order valence-corrected chi connectivity index (χ3v) is 1.36. The maximum Gasteiger partial charge on any atom is 0.411 e. The van der Waals surface area contributed by atoms with E-state index >= 15 is 0 Å². The first kappa shape index (κ1) is 11.5. The van der Waals surface area contributed by atoms with Gasteiger partial charge in [-0.1, -0.05) is 0 Å². The van der Waals surface area contributed by atoms with Crippen LogP contribution in [0, 0.1) is 0 Å². The average molecular weight is 224 g/mol. The van der Waals surface area contributed by atoms with Gasteiger partial charge in [-0.25, -0.2) is 9.78 Å². The summed E-state index contributed by atoms with van der Waals surface area (Å²) < 4.78 is 39.2. The number of imidazole rings is 1. The van der Waals surface area contributed by atoms with Gasteiger partial charge in [0.15, 0.2) is 0 Å². The highest BCUT2D eigenvalue weighted by molar-refractivity contribution is 5.84. The van der Waals surface area contributed by atoms with Crippen LogP contribution in [0.15, 0.2) is 6.20 Å². The number of nitrogens with zero attached hydrogens (tertiary/aromatic N) is 1. The molecule has 0 bridgehead atoms. The molecule has 0 aliphatic heterocycles. The Morgan fingerprint density at radius 1 is 1.60 bits per heavy atom. The summed E-state index contributed by atoms with van der Waals surface area (Å²) in [4.78, 5) is 16.2. The lowest BCUT2D eigenvalue weighted by Gasteiger charge is -2.05. The molecule has 1 aromatic heterocycles. The summed E-state index contributed by atoms with van der Waals surface area (Å²) in [6, 6.07) is 0. The molecule has 0 aliphatic rings. The van der Waals surface area contributed by atoms with Gasteiger partial charge < -0.3 is 14.8 Å². The van der Waals surface area contributed by atoms with Gasteiger partial charge in [0.1, 0.15) is 24.7 Å². The van der Waals surface area contributed by atoms with Crippen molar-refractivity contribution >= 4 is 5.97 Å². The lowest BCUT2D eigenvalue weighted by Crippen LogP contribution is -2.17. The molecular weight excluding hydrogens is 217 g/mol. The van der Waals surface area contributed by atoms with Gasteiger partial charge in [-0.3, -0.25) is 0 Å². The van der Waals surface area contributed by atoms with Gasteiger partial charge >= 0.3 is 12.1 Å². The van der Waals surface area contributed by atoms with E-state index in [-0.39, 0.29) is 11.5 Å². The molecule has 0 saturated carbocycles. The highest BCUT2D eigenvalue weighted by Gasteiger charge is 2.27. The highest BCUT2D eigenvalue weighted by Crippen LogP contribution is 2.15. The number of carboxylic acid groups (broad SMARTS) is 1. The Labute approximate surface area is 81.9 Å². The first-order valence-electron chi connectivity index (χ1n) is 3.80. The fourth-order valence-corrected chi connectivity index (χ4v) is 0.808. The molecule has 1 rings (SSSR count). The van der Waals surface area contributed by atoms with Crippen molar-refractivity contribution in [3.8, 4) is 0 Å². The van der Waals surface area contributed by atoms with E-state index in [1.165, 1.54) is 0 Å². The van der Waals surface area contributed by atoms with Crippen LogP contribution in [0.5, 0.6) is 0 Å². The summed E-state index contributed by atoms with van der Waals surface area (Å²) in [6.07, 6.45) is -3.39. The molecule has 15 heavy (non-hydrogen) atoms. The van der Waals surface area contributed by atoms with Gasteiger partial charge in [0.05, 0.1) is 6.20 Å². The Morgan fingerprint density at radius 3 is 2.73 bits per heavy atom. The number of carbonyl (C=O) groups is 1. The van der Waals surface area contributed by atoms with Gasteiger partial charge in [0.2, 0.25) is 0 Å². The zero-order valence-corrected chi connectivity index (χ0v) is 7.34. The maximum atomic E-state index is 11.6. The molecule has 0 radical (unpaired) electrons. The Morgan fingerprint density at radius 2 is 2.27 bits per heavy atom. The predicted molar refractivity (Wildman–Crippen MR) is 41.3 cm³/mol. The second-order valence-corrected chi connectivity index (χ2v) is 2.66. The fourth-order valence-electron chi connectivity index (χ4n) is 0.808. The van der Waals surface area contributed by atoms with E-state index in [1.807, 2.05) is 0 Å². The number of halogens is 3. The van der Waals surface area contributed by atoms with Gasteiger partial charge in [-0.2, -0.15) is 13.2 Å². The maximum absolute atomic E-state index is 11.6. The van der Waals surface area contributed by atoms with Crippen LogP contribution in [0.2, 0.25) is 0 Å². The Kier molecular flexibility index (Phi) is 3.30. The van der Waals surface area contributed by atoms with Crippen molar-refractivity contribution in [3.63, 3.8) is 0 Å². The zero-order valence-electron chi connectivity index (χ0n) is 7.34. The molecule has 1 heterocycles. The van der Waals surface area contributed by atoms with Gasteiger partial charge in [0, 0.05) is 0 Å². The minimum absolute atomic E-state index is 0.0386. The van der Waals surface area contributed by atoms with Gasteiger partial charge in [-0.15, -0.1) is 0 Å². The van der Waals surface area contributed by atoms with Gasteiger partial charge in [0.25, 0.3) is 0 Å². The Bertz CT molecular complexity index is 347. The average Bonchev–Trinajstić information content (AvgIpc) is 2.50. The van der Waals surface area contributed by atoms with Crippen molar-refractivity contribution in [1.82, 2.24) is 9.97 Å². The molecule has 0 unspecified atom stereocenters. The Balaban J connectivity index is 2.41. The van der Waals surface area contributed by atoms with E-state index in [0.717, 1.165) is 6.20 Å². The number of alkyl halides is 3. The fraction of sp³-hybridized carbons (Fsp3) is 0.429. The van der Waals surface area contributed by atoms with Crippen molar-refractivity contribution in [2.24, 2.45) is 0 Å². The van der Waals surface area contributed by atoms with Crippen LogP contribution in [0.25, 0.3) is 0 Å². The van der Waals surface area contributed by atoms with Crippen molar-refractivity contribution in [2.75, 3.05) is 6.61 Å². The molecule has 84 valence electrons. The molecule has 0 aliphatic carbocycles. The van der Waals surface area contributed by atoms with Crippen LogP contribution < -0.4 is 0 Å². The number of H-pyrrole nitrogens is 1. The highest BCUT2D eigenvalue weighted by atomic mass is 19.4. The van der Waals surface area contributed by atoms with Crippen LogP contribution in [0.1, 0.15) is 16.3 Å². The minimum Gasteiger partial charge on any atom is -0.477 e. The molecule has 1 aromatic rings. The van der Waals surface area contributed by atoms with Crippen molar-refractivity contribution in [2.45, 2.75) is 12.8 Å². The lowest BCUT2D eigenvalue weighted by atomic mass is 10.5. The van der Waals surface area contributed by atoms with Crippen LogP contribution in [0.4, 0.5) is 13.2 Å². The normalized spacial score (nSPS) is 11.7. The van der Waals surface area contributed by atoms with Crippen molar-refractivity contribution < 1.29 is 27.8 Å². The summed E-state index contributed by atoms with van der Waals surface area (Å²) in [7, 11) is 0. The number of hydrogen-bond acceptors (Lipinski definition) is 3. The Hall–Kier alpha value is -1.57. The van der Waals surface area contributed by atoms with Crippen LogP contribution in [-0.2, 0) is 11.3 Å². The third-order valence-electron chi connectivity index (χ3n) is 1.36. The smallest absolute Gasteiger partial charge is 0.411 e. The van der Waals surface area contributed by atoms with E-state index in [2.05, 4.69) is 14.7 Å². The largest absolute Gasteiger partial charge is 0.477 e. The lowest BCUT2D eigenvalue weighted by molar-refractivity contribution is -0.177. The molecular formula is C7H7F3N2O3. The van der Waals surface area contributed by atoms with Crippen LogP contribution in [0.3, 0.4) is 0 Å². The third kappa shape index (κ3) is 3.98. The van der Waals surface area contributed by atoms with E-state index in [4.69, 9.17) is 5.11 Å². The number of hydrogen-bond donors (Lipinski definition) is 2. The van der Waals surface area contributed by atoms with E-state index in [9.17, 15) is 18.0 Å². The van der Waals surface area contributed by atoms with Gasteiger partial charge in [-0.05, 0) is 0 Å². The summed E-state index contributed by atoms with van der Waals surface area (Å²) in [5, 5.41) is 8.46. The zero-order chi connectivity index (χ0) is 11.5. The molecule has 0 atom stereocenters. The summed E-state index contributed by atoms with van der Waals surface area (Å²) in [5.41, 5.74) is -0.194. The first-order chi connectivity index (χ1) is 6.88. The molecule has 8 heteroatoms. The number of aromatic nitrogens is 2. The summed E-state index contributed by atoms with van der Waals surface area (Å²) in [5.74, 6) is -1.19. The molecule has 0 aromatic carbocycles. The van der Waals surface area contributed by atoms with Crippen molar-refractivity contribution in [1.29, 1.82) is 0 Å². The topological polar surface area (TPSA) is 75.2 Å². The van der Waals surface area contributed by atoms with Crippen LogP contribution >= 0.6 is 0 Å². The number of ether oxygens (including phenoxy) is 1. The number of nitrogens with one attached hydrogen (secondary N) is 1. The minimum atomic E-state index is -4.40. The molecule has 5 nitrogen and oxygen atoms in total. The number of rotatable bonds is 4. The van der Waals surface area contributed by atoms with E-state index in [1.54, 1.807) is 0 Å². The standard InChI is InChI=1S/C7H7F3N2O3/c8-7(9,10)3-15-2-5-11-1-4(12-5)6(13)14/h1H,2-3H2,(H,11,12)(H,13,14). The predicted octanol–water partition coefficient (Wildman–Crippen LogP) is 1.19. The summed E-state index contributed by atoms with van der Waals surface area (Å²) >= 11 is 0. The van der Waals surface area contributed by atoms with E-state index < -0.39 is 25.4 Å². The number of carboxylic acids is 1. The van der Waals surface area contributed by atoms with E-state index in [0.29, 0.717) is 0 Å². The molecule has 2 N–H and O–H groups in total. The first-order valence-corrected chi connectivity index (χ1v) is 3.80. The number of aromatic amines is 1. The quantitative estimate of drug-likeness (QED) is 0.805. The number of aromatic carboxylic acids is 1. The van der Waals surface area contributed by atoms with Crippen LogP contribution in [-0.4, -0.2) is 33.8 Å². The molecule has 0 saturated heterocycles. The second-order valence-electron chi connectivity index (χ2n) is 2.66. The molecule has 0 fully saturated rings.